The Morgan fingerprint density at radius 3 is 2.62 bits per heavy atom. The fourth-order valence-electron chi connectivity index (χ4n) is 2.99. The number of nitrogens with one attached hydrogen (secondary N) is 2. The lowest BCUT2D eigenvalue weighted by atomic mass is 10.2. The highest BCUT2D eigenvalue weighted by Crippen LogP contribution is 2.23. The topological polar surface area (TPSA) is 66.9 Å². The lowest BCUT2D eigenvalue weighted by Gasteiger charge is -2.14. The lowest BCUT2D eigenvalue weighted by Crippen LogP contribution is -2.19. The van der Waals surface area contributed by atoms with Gasteiger partial charge in [0.2, 0.25) is 0 Å². The van der Waals surface area contributed by atoms with Crippen LogP contribution in [0, 0.1) is 13.8 Å². The summed E-state index contributed by atoms with van der Waals surface area (Å²) < 4.78 is 0. The molecule has 1 aliphatic carbocycles. The molecule has 1 aliphatic rings. The molecule has 0 unspecified atom stereocenters. The Labute approximate surface area is 146 Å². The normalized spacial score (nSPS) is 14.6. The zero-order valence-electron chi connectivity index (χ0n) is 13.9. The minimum Gasteiger partial charge on any atom is -0.367 e. The number of aryl methyl sites for hydroxylation is 2. The molecule has 1 heterocycles. The van der Waals surface area contributed by atoms with Gasteiger partial charge in [-0.05, 0) is 50.5 Å². The highest BCUT2D eigenvalue weighted by Gasteiger charge is 2.17. The maximum atomic E-state index is 12.5. The Hall–Kier alpha value is -2.14. The van der Waals surface area contributed by atoms with Gasteiger partial charge in [0, 0.05) is 22.8 Å². The molecule has 5 nitrogen and oxygen atoms in total. The van der Waals surface area contributed by atoms with Crippen molar-refractivity contribution in [2.75, 3.05) is 10.6 Å². The average molecular weight is 345 g/mol. The molecule has 6 heteroatoms. The number of carbonyl (C=O) groups is 1. The number of hydrogen-bond acceptors (Lipinski definition) is 4. The third-order valence-corrected chi connectivity index (χ3v) is 4.45. The molecular weight excluding hydrogens is 324 g/mol. The van der Waals surface area contributed by atoms with E-state index in [-0.39, 0.29) is 5.91 Å². The minimum atomic E-state index is -0.250. The number of benzene rings is 1. The minimum absolute atomic E-state index is 0.250. The molecule has 1 aromatic carbocycles. The lowest BCUT2D eigenvalue weighted by molar-refractivity contribution is 0.102. The van der Waals surface area contributed by atoms with Crippen molar-refractivity contribution in [2.45, 2.75) is 45.6 Å². The number of hydrogen-bond donors (Lipinski definition) is 2. The maximum absolute atomic E-state index is 12.5. The van der Waals surface area contributed by atoms with Crippen LogP contribution in [-0.4, -0.2) is 21.9 Å². The average Bonchev–Trinajstić information content (AvgIpc) is 3.02. The first-order valence-electron chi connectivity index (χ1n) is 8.21. The second-order valence-electron chi connectivity index (χ2n) is 6.22. The number of nitrogens with zero attached hydrogens (tertiary/aromatic N) is 2. The van der Waals surface area contributed by atoms with Crippen LogP contribution in [0.1, 0.15) is 47.6 Å². The number of halogens is 1. The number of anilines is 2. The van der Waals surface area contributed by atoms with E-state index < -0.39 is 0 Å². The van der Waals surface area contributed by atoms with Crippen LogP contribution < -0.4 is 10.6 Å². The molecule has 2 N–H and O–H groups in total. The summed E-state index contributed by atoms with van der Waals surface area (Å²) in [5.41, 5.74) is 1.99. The van der Waals surface area contributed by atoms with E-state index in [9.17, 15) is 4.79 Å². The molecule has 1 saturated carbocycles. The van der Waals surface area contributed by atoms with Crippen molar-refractivity contribution < 1.29 is 4.79 Å². The predicted molar refractivity (Wildman–Crippen MR) is 96.8 cm³/mol. The van der Waals surface area contributed by atoms with Crippen LogP contribution in [0.5, 0.6) is 0 Å². The first kappa shape index (κ1) is 16.7. The van der Waals surface area contributed by atoms with E-state index in [2.05, 4.69) is 20.6 Å². The van der Waals surface area contributed by atoms with E-state index in [1.807, 2.05) is 13.0 Å². The van der Waals surface area contributed by atoms with Crippen LogP contribution in [-0.2, 0) is 0 Å². The first-order chi connectivity index (χ1) is 11.5. The molecular formula is C18H21ClN4O. The van der Waals surface area contributed by atoms with E-state index in [0.717, 1.165) is 24.1 Å². The fraction of sp³-hybridized carbons (Fsp3) is 0.389. The van der Waals surface area contributed by atoms with Crippen molar-refractivity contribution in [3.8, 4) is 0 Å². The molecule has 1 fully saturated rings. The Bertz CT molecular complexity index is 757. The number of amides is 1. The summed E-state index contributed by atoms with van der Waals surface area (Å²) >= 11 is 5.95. The Kier molecular flexibility index (Phi) is 5.00. The molecule has 0 aliphatic heterocycles. The van der Waals surface area contributed by atoms with Crippen molar-refractivity contribution in [1.29, 1.82) is 0 Å². The number of rotatable bonds is 4. The van der Waals surface area contributed by atoms with Crippen molar-refractivity contribution in [3.05, 3.63) is 46.4 Å². The van der Waals surface area contributed by atoms with E-state index in [1.165, 1.54) is 12.8 Å². The van der Waals surface area contributed by atoms with Crippen LogP contribution in [0.15, 0.2) is 24.3 Å². The summed E-state index contributed by atoms with van der Waals surface area (Å²) in [7, 11) is 0. The van der Waals surface area contributed by atoms with Gasteiger partial charge in [-0.15, -0.1) is 0 Å². The number of carbonyl (C=O) groups excluding carboxylic acids is 1. The van der Waals surface area contributed by atoms with E-state index in [0.29, 0.717) is 28.4 Å². The van der Waals surface area contributed by atoms with Gasteiger partial charge in [-0.1, -0.05) is 24.4 Å². The molecule has 0 atom stereocenters. The van der Waals surface area contributed by atoms with Gasteiger partial charge in [-0.25, -0.2) is 9.97 Å². The van der Waals surface area contributed by atoms with Gasteiger partial charge >= 0.3 is 0 Å². The second kappa shape index (κ2) is 7.18. The summed E-state index contributed by atoms with van der Waals surface area (Å²) in [6.45, 7) is 3.70. The standard InChI is InChI=1S/C18H21ClN4O/c1-11-9-13(19)7-8-15(11)23-18(24)16-10-17(21-12(2)20-16)22-14-5-3-4-6-14/h7-10,14H,3-6H2,1-2H3,(H,23,24)(H,20,21,22). The molecule has 2 aromatic rings. The highest BCUT2D eigenvalue weighted by molar-refractivity contribution is 6.30. The van der Waals surface area contributed by atoms with Gasteiger partial charge in [0.05, 0.1) is 0 Å². The van der Waals surface area contributed by atoms with Gasteiger partial charge in [0.25, 0.3) is 5.91 Å². The van der Waals surface area contributed by atoms with Crippen molar-refractivity contribution in [1.82, 2.24) is 9.97 Å². The van der Waals surface area contributed by atoms with Crippen molar-refractivity contribution in [3.63, 3.8) is 0 Å². The SMILES string of the molecule is Cc1nc(NC2CCCC2)cc(C(=O)Nc2ccc(Cl)cc2C)n1. The third kappa shape index (κ3) is 4.03. The van der Waals surface area contributed by atoms with E-state index in [1.54, 1.807) is 25.1 Å². The second-order valence-corrected chi connectivity index (χ2v) is 6.66. The fourth-order valence-corrected chi connectivity index (χ4v) is 3.22. The molecule has 0 saturated heterocycles. The van der Waals surface area contributed by atoms with E-state index in [4.69, 9.17) is 11.6 Å². The molecule has 1 aromatic heterocycles. The van der Waals surface area contributed by atoms with Gasteiger partial charge in [-0.3, -0.25) is 4.79 Å². The van der Waals surface area contributed by atoms with Crippen molar-refractivity contribution in [2.24, 2.45) is 0 Å². The largest absolute Gasteiger partial charge is 0.367 e. The molecule has 126 valence electrons. The molecule has 1 amide bonds. The Balaban J connectivity index is 1.77. The van der Waals surface area contributed by atoms with Gasteiger partial charge in [0.1, 0.15) is 17.3 Å². The zero-order chi connectivity index (χ0) is 17.1. The summed E-state index contributed by atoms with van der Waals surface area (Å²) in [6.07, 6.45) is 4.78. The first-order valence-corrected chi connectivity index (χ1v) is 8.59. The molecule has 0 bridgehead atoms. The van der Waals surface area contributed by atoms with E-state index >= 15 is 0 Å². The molecule has 3 rings (SSSR count). The zero-order valence-corrected chi connectivity index (χ0v) is 14.7. The highest BCUT2D eigenvalue weighted by atomic mass is 35.5. The molecule has 24 heavy (non-hydrogen) atoms. The van der Waals surface area contributed by atoms with Gasteiger partial charge in [-0.2, -0.15) is 0 Å². The van der Waals surface area contributed by atoms with Crippen LogP contribution in [0.4, 0.5) is 11.5 Å². The van der Waals surface area contributed by atoms with Gasteiger partial charge in [0.15, 0.2) is 0 Å². The monoisotopic (exact) mass is 344 g/mol. The van der Waals surface area contributed by atoms with Crippen LogP contribution in [0.25, 0.3) is 0 Å². The van der Waals surface area contributed by atoms with Crippen LogP contribution in [0.3, 0.4) is 0 Å². The summed E-state index contributed by atoms with van der Waals surface area (Å²) in [5, 5.41) is 6.94. The van der Waals surface area contributed by atoms with Gasteiger partial charge < -0.3 is 10.6 Å². The third-order valence-electron chi connectivity index (χ3n) is 4.21. The predicted octanol–water partition coefficient (Wildman–Crippen LogP) is 4.35. The van der Waals surface area contributed by atoms with Crippen molar-refractivity contribution >= 4 is 29.0 Å². The molecule has 0 radical (unpaired) electrons. The maximum Gasteiger partial charge on any atom is 0.274 e. The van der Waals surface area contributed by atoms with Crippen LogP contribution in [0.2, 0.25) is 5.02 Å². The van der Waals surface area contributed by atoms with Crippen LogP contribution >= 0.6 is 11.6 Å². The summed E-state index contributed by atoms with van der Waals surface area (Å²) in [4.78, 5) is 21.2. The Morgan fingerprint density at radius 1 is 1.17 bits per heavy atom. The summed E-state index contributed by atoms with van der Waals surface area (Å²) in [6, 6.07) is 7.51. The summed E-state index contributed by atoms with van der Waals surface area (Å²) in [5.74, 6) is 1.05. The Morgan fingerprint density at radius 2 is 1.92 bits per heavy atom. The molecule has 0 spiro atoms. The number of aromatic nitrogens is 2. The quantitative estimate of drug-likeness (QED) is 0.865. The smallest absolute Gasteiger partial charge is 0.274 e.